The number of nitrogens with zero attached hydrogens (tertiary/aromatic N) is 1. The highest BCUT2D eigenvalue weighted by atomic mass is 16.6. The van der Waals surface area contributed by atoms with Crippen LogP contribution in [0.2, 0.25) is 0 Å². The van der Waals surface area contributed by atoms with Crippen LogP contribution in [0.5, 0.6) is 0 Å². The number of rotatable bonds is 21. The van der Waals surface area contributed by atoms with Crippen molar-refractivity contribution in [3.05, 3.63) is 39.9 Å². The van der Waals surface area contributed by atoms with Gasteiger partial charge in [0.25, 0.3) is 11.6 Å². The van der Waals surface area contributed by atoms with Gasteiger partial charge in [-0.2, -0.15) is 0 Å². The summed E-state index contributed by atoms with van der Waals surface area (Å²) < 4.78 is 0. The number of nitrogens with one attached hydrogen (secondary N) is 3. The highest BCUT2D eigenvalue weighted by Crippen LogP contribution is 2.12. The van der Waals surface area contributed by atoms with Crippen molar-refractivity contribution in [2.24, 2.45) is 5.73 Å². The molecule has 6 N–H and O–H groups in total. The van der Waals surface area contributed by atoms with E-state index in [1.807, 2.05) is 0 Å². The van der Waals surface area contributed by atoms with Gasteiger partial charge in [-0.1, -0.05) is 19.3 Å². The molecule has 12 nitrogen and oxygen atoms in total. The SMILES string of the molecule is N[C@@H](CCCCNC(=O)CCCCNC(=O)CCCCCCCNC(=O)c1ccc([N+](=O)[O-])cc1)C(=O)O. The number of unbranched alkanes of at least 4 members (excludes halogenated alkanes) is 6. The second kappa shape index (κ2) is 19.6. The van der Waals surface area contributed by atoms with Crippen molar-refractivity contribution in [2.75, 3.05) is 19.6 Å². The lowest BCUT2D eigenvalue weighted by molar-refractivity contribution is -0.384. The van der Waals surface area contributed by atoms with Crippen LogP contribution in [-0.4, -0.2) is 59.4 Å². The Morgan fingerprint density at radius 1 is 0.763 bits per heavy atom. The summed E-state index contributed by atoms with van der Waals surface area (Å²) in [7, 11) is 0. The molecular formula is C26H41N5O7. The minimum Gasteiger partial charge on any atom is -0.480 e. The summed E-state index contributed by atoms with van der Waals surface area (Å²) in [5, 5.41) is 27.8. The number of nitro groups is 1. The largest absolute Gasteiger partial charge is 0.480 e. The van der Waals surface area contributed by atoms with Gasteiger partial charge in [-0.3, -0.25) is 29.3 Å². The van der Waals surface area contributed by atoms with Crippen LogP contribution >= 0.6 is 0 Å². The fourth-order valence-electron chi connectivity index (χ4n) is 3.64. The van der Waals surface area contributed by atoms with Gasteiger partial charge in [0, 0.05) is 50.2 Å². The van der Waals surface area contributed by atoms with Crippen LogP contribution in [0.4, 0.5) is 5.69 Å². The Balaban J connectivity index is 1.92. The molecule has 0 spiro atoms. The number of hydrogen-bond donors (Lipinski definition) is 5. The third kappa shape index (κ3) is 15.5. The topological polar surface area (TPSA) is 194 Å². The van der Waals surface area contributed by atoms with E-state index in [1.54, 1.807) is 0 Å². The number of carbonyl (C=O) groups is 4. The van der Waals surface area contributed by atoms with Crippen molar-refractivity contribution in [1.82, 2.24) is 16.0 Å². The lowest BCUT2D eigenvalue weighted by Gasteiger charge is -2.08. The molecule has 38 heavy (non-hydrogen) atoms. The first-order valence-electron chi connectivity index (χ1n) is 13.2. The second-order valence-corrected chi connectivity index (χ2v) is 9.18. The number of carboxylic acid groups (broad SMARTS) is 1. The molecule has 1 atom stereocenters. The highest BCUT2D eigenvalue weighted by Gasteiger charge is 2.11. The number of carboxylic acids is 1. The highest BCUT2D eigenvalue weighted by molar-refractivity contribution is 5.94. The normalized spacial score (nSPS) is 11.4. The van der Waals surface area contributed by atoms with Gasteiger partial charge < -0.3 is 26.8 Å². The third-order valence-electron chi connectivity index (χ3n) is 5.94. The standard InChI is InChI=1S/C26H41N5O7/c27-22(26(35)36)10-5-8-17-28-24(33)12-6-9-18-29-23(32)11-4-2-1-3-7-19-30-25(34)20-13-15-21(16-14-20)31(37)38/h13-16,22H,1-12,17-19,27H2,(H,28,33)(H,29,32)(H,30,34)(H,35,36)/t22-/m0/s1. The molecule has 0 bridgehead atoms. The summed E-state index contributed by atoms with van der Waals surface area (Å²) in [6.45, 7) is 1.56. The molecule has 0 aliphatic rings. The van der Waals surface area contributed by atoms with E-state index < -0.39 is 16.9 Å². The molecule has 1 aromatic carbocycles. The Labute approximate surface area is 223 Å². The zero-order chi connectivity index (χ0) is 28.2. The predicted molar refractivity (Wildman–Crippen MR) is 142 cm³/mol. The summed E-state index contributed by atoms with van der Waals surface area (Å²) in [6.07, 6.45) is 8.38. The van der Waals surface area contributed by atoms with Gasteiger partial charge in [0.2, 0.25) is 11.8 Å². The molecule has 3 amide bonds. The molecule has 0 radical (unpaired) electrons. The molecule has 12 heteroatoms. The van der Waals surface area contributed by atoms with Crippen molar-refractivity contribution in [2.45, 2.75) is 83.1 Å². The van der Waals surface area contributed by atoms with Crippen LogP contribution in [0.1, 0.15) is 87.4 Å². The maximum Gasteiger partial charge on any atom is 0.320 e. The summed E-state index contributed by atoms with van der Waals surface area (Å²) >= 11 is 0. The number of amides is 3. The number of aliphatic carboxylic acids is 1. The Bertz CT molecular complexity index is 892. The number of nitro benzene ring substituents is 1. The van der Waals surface area contributed by atoms with E-state index in [9.17, 15) is 29.3 Å². The van der Waals surface area contributed by atoms with Crippen molar-refractivity contribution < 1.29 is 29.2 Å². The van der Waals surface area contributed by atoms with Gasteiger partial charge in [0.05, 0.1) is 4.92 Å². The van der Waals surface area contributed by atoms with E-state index in [0.29, 0.717) is 63.7 Å². The second-order valence-electron chi connectivity index (χ2n) is 9.18. The minimum absolute atomic E-state index is 0.00406. The molecule has 1 rings (SSSR count). The van der Waals surface area contributed by atoms with Crippen molar-refractivity contribution in [3.8, 4) is 0 Å². The molecule has 0 aliphatic carbocycles. The lowest BCUT2D eigenvalue weighted by atomic mass is 10.1. The van der Waals surface area contributed by atoms with E-state index >= 15 is 0 Å². The van der Waals surface area contributed by atoms with Gasteiger partial charge in [-0.05, 0) is 57.1 Å². The first-order valence-corrected chi connectivity index (χ1v) is 13.2. The van der Waals surface area contributed by atoms with Crippen molar-refractivity contribution in [1.29, 1.82) is 0 Å². The van der Waals surface area contributed by atoms with Crippen LogP contribution in [-0.2, 0) is 14.4 Å². The summed E-state index contributed by atoms with van der Waals surface area (Å²) in [5.41, 5.74) is 5.75. The average Bonchev–Trinajstić information content (AvgIpc) is 2.89. The first kappa shape index (κ1) is 32.5. The fourth-order valence-corrected chi connectivity index (χ4v) is 3.64. The maximum absolute atomic E-state index is 12.0. The minimum atomic E-state index is -1.01. The summed E-state index contributed by atoms with van der Waals surface area (Å²) in [5.74, 6) is -1.32. The van der Waals surface area contributed by atoms with Gasteiger partial charge in [-0.15, -0.1) is 0 Å². The van der Waals surface area contributed by atoms with E-state index in [4.69, 9.17) is 10.8 Å². The zero-order valence-corrected chi connectivity index (χ0v) is 21.9. The van der Waals surface area contributed by atoms with Crippen LogP contribution in [0.15, 0.2) is 24.3 Å². The number of benzene rings is 1. The monoisotopic (exact) mass is 535 g/mol. The molecule has 0 aromatic heterocycles. The molecule has 0 saturated carbocycles. The molecule has 0 heterocycles. The van der Waals surface area contributed by atoms with Gasteiger partial charge in [0.1, 0.15) is 6.04 Å². The summed E-state index contributed by atoms with van der Waals surface area (Å²) in [4.78, 5) is 56.5. The van der Waals surface area contributed by atoms with E-state index in [-0.39, 0.29) is 23.4 Å². The number of hydrogen-bond acceptors (Lipinski definition) is 7. The van der Waals surface area contributed by atoms with Crippen LogP contribution in [0.3, 0.4) is 0 Å². The number of carbonyl (C=O) groups excluding carboxylic acids is 3. The average molecular weight is 536 g/mol. The number of non-ortho nitro benzene ring substituents is 1. The molecule has 0 aliphatic heterocycles. The number of nitrogens with two attached hydrogens (primary N) is 1. The Morgan fingerprint density at radius 2 is 1.24 bits per heavy atom. The Morgan fingerprint density at radius 3 is 1.82 bits per heavy atom. The molecule has 0 fully saturated rings. The maximum atomic E-state index is 12.0. The first-order chi connectivity index (χ1) is 18.2. The van der Waals surface area contributed by atoms with Gasteiger partial charge in [-0.25, -0.2) is 0 Å². The van der Waals surface area contributed by atoms with Crippen molar-refractivity contribution >= 4 is 29.4 Å². The summed E-state index contributed by atoms with van der Waals surface area (Å²) in [6, 6.07) is 4.62. The molecular weight excluding hydrogens is 494 g/mol. The zero-order valence-electron chi connectivity index (χ0n) is 21.9. The molecule has 0 saturated heterocycles. The van der Waals surface area contributed by atoms with E-state index in [1.165, 1.54) is 24.3 Å². The van der Waals surface area contributed by atoms with E-state index in [0.717, 1.165) is 38.5 Å². The molecule has 1 aromatic rings. The lowest BCUT2D eigenvalue weighted by Crippen LogP contribution is -2.30. The predicted octanol–water partition coefficient (Wildman–Crippen LogP) is 2.65. The third-order valence-corrected chi connectivity index (χ3v) is 5.94. The van der Waals surface area contributed by atoms with E-state index in [2.05, 4.69) is 16.0 Å². The van der Waals surface area contributed by atoms with Gasteiger partial charge >= 0.3 is 5.97 Å². The van der Waals surface area contributed by atoms with Crippen molar-refractivity contribution in [3.63, 3.8) is 0 Å². The van der Waals surface area contributed by atoms with Crippen LogP contribution in [0, 0.1) is 10.1 Å². The van der Waals surface area contributed by atoms with Crippen LogP contribution in [0.25, 0.3) is 0 Å². The fraction of sp³-hybridized carbons (Fsp3) is 0.615. The quantitative estimate of drug-likeness (QED) is 0.0900. The smallest absolute Gasteiger partial charge is 0.320 e. The van der Waals surface area contributed by atoms with Gasteiger partial charge in [0.15, 0.2) is 0 Å². The Hall–Kier alpha value is -3.54. The molecule has 212 valence electrons. The van der Waals surface area contributed by atoms with Crippen LogP contribution < -0.4 is 21.7 Å². The Kier molecular flexibility index (Phi) is 16.7. The molecule has 0 unspecified atom stereocenters.